The first kappa shape index (κ1) is 16.3. The van der Waals surface area contributed by atoms with E-state index in [0.717, 1.165) is 12.5 Å². The number of nitrogens with one attached hydrogen (secondary N) is 1. The Morgan fingerprint density at radius 3 is 2.33 bits per heavy atom. The largest absolute Gasteiger partial charge is 0.344 e. The summed E-state index contributed by atoms with van der Waals surface area (Å²) in [5.74, 6) is 1.79. The Hall–Kier alpha value is -1.06. The molecular formula is C17H30N2O2. The lowest BCUT2D eigenvalue weighted by molar-refractivity contribution is -0.135. The van der Waals surface area contributed by atoms with Gasteiger partial charge in [-0.05, 0) is 30.6 Å². The van der Waals surface area contributed by atoms with Gasteiger partial charge in [-0.15, -0.1) is 0 Å². The average molecular weight is 294 g/mol. The van der Waals surface area contributed by atoms with Crippen LogP contribution in [0.25, 0.3) is 0 Å². The van der Waals surface area contributed by atoms with Crippen molar-refractivity contribution in [2.24, 2.45) is 17.8 Å². The van der Waals surface area contributed by atoms with Crippen LogP contribution < -0.4 is 5.32 Å². The molecule has 120 valence electrons. The van der Waals surface area contributed by atoms with Crippen molar-refractivity contribution in [3.8, 4) is 0 Å². The number of carbonyl (C=O) groups excluding carboxylic acids is 2. The maximum Gasteiger partial charge on any atom is 0.245 e. The summed E-state index contributed by atoms with van der Waals surface area (Å²) in [6, 6.07) is -0.341. The van der Waals surface area contributed by atoms with Crippen LogP contribution in [0.2, 0.25) is 0 Å². The minimum Gasteiger partial charge on any atom is -0.344 e. The third-order valence-corrected chi connectivity index (χ3v) is 5.19. The van der Waals surface area contributed by atoms with E-state index in [0.29, 0.717) is 18.9 Å². The summed E-state index contributed by atoms with van der Waals surface area (Å²) in [6.45, 7) is 7.69. The predicted octanol–water partition coefficient (Wildman–Crippen LogP) is 2.58. The van der Waals surface area contributed by atoms with E-state index in [2.05, 4.69) is 12.2 Å². The van der Waals surface area contributed by atoms with Gasteiger partial charge in [0, 0.05) is 19.5 Å². The Morgan fingerprint density at radius 1 is 1.14 bits per heavy atom. The highest BCUT2D eigenvalue weighted by Crippen LogP contribution is 2.31. The monoisotopic (exact) mass is 294 g/mol. The molecule has 0 radical (unpaired) electrons. The molecule has 0 bridgehead atoms. The summed E-state index contributed by atoms with van der Waals surface area (Å²) in [5.41, 5.74) is 0. The molecule has 0 aromatic carbocycles. The number of nitrogens with zero attached hydrogens (tertiary/aromatic N) is 1. The van der Waals surface area contributed by atoms with Crippen molar-refractivity contribution in [1.29, 1.82) is 0 Å². The first-order valence-electron chi connectivity index (χ1n) is 8.59. The fraction of sp³-hybridized carbons (Fsp3) is 0.882. The summed E-state index contributed by atoms with van der Waals surface area (Å²) < 4.78 is 0. The normalized spacial score (nSPS) is 31.2. The van der Waals surface area contributed by atoms with Crippen LogP contribution in [-0.2, 0) is 9.59 Å². The molecule has 1 unspecified atom stereocenters. The molecule has 4 heteroatoms. The van der Waals surface area contributed by atoms with Crippen LogP contribution in [0.4, 0.5) is 0 Å². The molecule has 1 heterocycles. The van der Waals surface area contributed by atoms with E-state index >= 15 is 0 Å². The molecule has 0 spiro atoms. The van der Waals surface area contributed by atoms with Crippen LogP contribution in [0, 0.1) is 17.8 Å². The zero-order valence-electron chi connectivity index (χ0n) is 13.7. The summed E-state index contributed by atoms with van der Waals surface area (Å²) in [7, 11) is 0. The highest BCUT2D eigenvalue weighted by atomic mass is 16.2. The molecule has 1 N–H and O–H groups in total. The molecule has 2 rings (SSSR count). The smallest absolute Gasteiger partial charge is 0.245 e. The Kier molecular flexibility index (Phi) is 5.65. The van der Waals surface area contributed by atoms with Crippen molar-refractivity contribution in [3.05, 3.63) is 0 Å². The molecule has 1 aliphatic heterocycles. The van der Waals surface area contributed by atoms with Crippen molar-refractivity contribution in [2.75, 3.05) is 13.1 Å². The molecule has 1 saturated carbocycles. The number of carbonyl (C=O) groups is 2. The first-order chi connectivity index (χ1) is 10.0. The van der Waals surface area contributed by atoms with Gasteiger partial charge >= 0.3 is 0 Å². The van der Waals surface area contributed by atoms with E-state index in [1.54, 1.807) is 0 Å². The van der Waals surface area contributed by atoms with Crippen molar-refractivity contribution < 1.29 is 9.59 Å². The predicted molar refractivity (Wildman–Crippen MR) is 83.7 cm³/mol. The minimum atomic E-state index is -0.341. The minimum absolute atomic E-state index is 0.0132. The SMILES string of the molecule is CCC1CCC(CN2CCC(=O)NC(C(C)C)C2=O)CC1. The zero-order valence-corrected chi connectivity index (χ0v) is 13.7. The second-order valence-corrected chi connectivity index (χ2v) is 7.12. The summed E-state index contributed by atoms with van der Waals surface area (Å²) >= 11 is 0. The first-order valence-corrected chi connectivity index (χ1v) is 8.59. The van der Waals surface area contributed by atoms with Crippen LogP contribution in [0.3, 0.4) is 0 Å². The molecule has 2 aliphatic rings. The number of rotatable bonds is 4. The Morgan fingerprint density at radius 2 is 1.76 bits per heavy atom. The quantitative estimate of drug-likeness (QED) is 0.866. The van der Waals surface area contributed by atoms with Crippen LogP contribution in [0.1, 0.15) is 59.3 Å². The molecule has 0 aromatic rings. The fourth-order valence-corrected chi connectivity index (χ4v) is 3.62. The maximum atomic E-state index is 12.6. The van der Waals surface area contributed by atoms with Gasteiger partial charge in [0.25, 0.3) is 0 Å². The lowest BCUT2D eigenvalue weighted by Gasteiger charge is -2.33. The van der Waals surface area contributed by atoms with Crippen molar-refractivity contribution in [2.45, 2.75) is 65.3 Å². The van der Waals surface area contributed by atoms with Crippen molar-refractivity contribution in [1.82, 2.24) is 10.2 Å². The Labute approximate surface area is 128 Å². The van der Waals surface area contributed by atoms with E-state index in [1.165, 1.54) is 32.1 Å². The molecule has 2 fully saturated rings. The van der Waals surface area contributed by atoms with Gasteiger partial charge in [-0.1, -0.05) is 40.0 Å². The Bertz CT molecular complexity index is 373. The van der Waals surface area contributed by atoms with Crippen LogP contribution in [0.15, 0.2) is 0 Å². The lowest BCUT2D eigenvalue weighted by Crippen LogP contribution is -2.48. The highest BCUT2D eigenvalue weighted by molar-refractivity contribution is 5.90. The van der Waals surface area contributed by atoms with Gasteiger partial charge in [-0.25, -0.2) is 0 Å². The third-order valence-electron chi connectivity index (χ3n) is 5.19. The van der Waals surface area contributed by atoms with Gasteiger partial charge in [0.2, 0.25) is 11.8 Å². The van der Waals surface area contributed by atoms with Crippen LogP contribution in [0.5, 0.6) is 0 Å². The van der Waals surface area contributed by atoms with Gasteiger partial charge in [-0.2, -0.15) is 0 Å². The van der Waals surface area contributed by atoms with E-state index in [4.69, 9.17) is 0 Å². The molecule has 2 amide bonds. The average Bonchev–Trinajstić information content (AvgIpc) is 2.61. The van der Waals surface area contributed by atoms with E-state index in [1.807, 2.05) is 18.7 Å². The summed E-state index contributed by atoms with van der Waals surface area (Å²) in [5, 5.41) is 2.88. The number of hydrogen-bond acceptors (Lipinski definition) is 2. The van der Waals surface area contributed by atoms with Gasteiger partial charge in [0.05, 0.1) is 0 Å². The molecule has 4 nitrogen and oxygen atoms in total. The molecule has 0 aromatic heterocycles. The second kappa shape index (κ2) is 7.28. The summed E-state index contributed by atoms with van der Waals surface area (Å²) in [6.07, 6.45) is 6.79. The molecule has 21 heavy (non-hydrogen) atoms. The lowest BCUT2D eigenvalue weighted by atomic mass is 9.80. The number of hydrogen-bond donors (Lipinski definition) is 1. The third kappa shape index (κ3) is 4.21. The molecule has 1 atom stereocenters. The van der Waals surface area contributed by atoms with E-state index in [9.17, 15) is 9.59 Å². The summed E-state index contributed by atoms with van der Waals surface area (Å²) in [4.78, 5) is 26.4. The molecular weight excluding hydrogens is 264 g/mol. The van der Waals surface area contributed by atoms with Gasteiger partial charge < -0.3 is 10.2 Å². The van der Waals surface area contributed by atoms with Gasteiger partial charge in [0.15, 0.2) is 0 Å². The number of amides is 2. The highest BCUT2D eigenvalue weighted by Gasteiger charge is 2.33. The fourth-order valence-electron chi connectivity index (χ4n) is 3.62. The van der Waals surface area contributed by atoms with Crippen LogP contribution in [-0.4, -0.2) is 35.8 Å². The molecule has 1 aliphatic carbocycles. The topological polar surface area (TPSA) is 49.4 Å². The van der Waals surface area contributed by atoms with Crippen LogP contribution >= 0.6 is 0 Å². The zero-order chi connectivity index (χ0) is 15.4. The van der Waals surface area contributed by atoms with Crippen molar-refractivity contribution in [3.63, 3.8) is 0 Å². The standard InChI is InChI=1S/C17H30N2O2/c1-4-13-5-7-14(8-6-13)11-19-10-9-15(20)18-16(12(2)3)17(19)21/h12-14,16H,4-11H2,1-3H3,(H,18,20). The van der Waals surface area contributed by atoms with Gasteiger partial charge in [-0.3, -0.25) is 9.59 Å². The second-order valence-electron chi connectivity index (χ2n) is 7.12. The Balaban J connectivity index is 1.95. The maximum absolute atomic E-state index is 12.6. The van der Waals surface area contributed by atoms with Gasteiger partial charge in [0.1, 0.15) is 6.04 Å². The van der Waals surface area contributed by atoms with E-state index < -0.39 is 0 Å². The van der Waals surface area contributed by atoms with E-state index in [-0.39, 0.29) is 23.8 Å². The van der Waals surface area contributed by atoms with Crippen molar-refractivity contribution >= 4 is 11.8 Å². The molecule has 1 saturated heterocycles.